The minimum atomic E-state index is 0.542. The first-order valence-electron chi connectivity index (χ1n) is 6.26. The first-order valence-corrected chi connectivity index (χ1v) is 6.26. The second-order valence-electron chi connectivity index (χ2n) is 4.55. The molecule has 0 saturated heterocycles. The molecule has 0 aromatic heterocycles. The molecule has 3 heteroatoms. The van der Waals surface area contributed by atoms with Crippen LogP contribution < -0.4 is 15.2 Å². The van der Waals surface area contributed by atoms with Crippen molar-refractivity contribution in [1.82, 2.24) is 0 Å². The molecule has 0 radical (unpaired) electrons. The normalized spacial score (nSPS) is 10.3. The monoisotopic (exact) mass is 257 g/mol. The number of hydrogen-bond donors (Lipinski definition) is 1. The Balaban J connectivity index is 2.28. The van der Waals surface area contributed by atoms with E-state index in [1.54, 1.807) is 7.11 Å². The van der Waals surface area contributed by atoms with E-state index >= 15 is 0 Å². The first-order chi connectivity index (χ1) is 9.13. The van der Waals surface area contributed by atoms with Crippen LogP contribution >= 0.6 is 0 Å². The third-order valence-electron chi connectivity index (χ3n) is 3.08. The van der Waals surface area contributed by atoms with E-state index in [0.717, 1.165) is 28.2 Å². The quantitative estimate of drug-likeness (QED) is 0.910. The molecule has 0 fully saturated rings. The highest BCUT2D eigenvalue weighted by molar-refractivity contribution is 5.46. The second-order valence-corrected chi connectivity index (χ2v) is 4.55. The Bertz CT molecular complexity index is 579. The molecule has 0 unspecified atom stereocenters. The second kappa shape index (κ2) is 5.76. The molecule has 0 bridgehead atoms. The topological polar surface area (TPSA) is 44.5 Å². The van der Waals surface area contributed by atoms with Gasteiger partial charge in [-0.05, 0) is 54.8 Å². The van der Waals surface area contributed by atoms with Crippen molar-refractivity contribution in [1.29, 1.82) is 0 Å². The smallest absolute Gasteiger partial charge is 0.169 e. The van der Waals surface area contributed by atoms with Gasteiger partial charge in [0.05, 0.1) is 7.11 Å². The van der Waals surface area contributed by atoms with Crippen LogP contribution in [-0.4, -0.2) is 7.11 Å². The number of benzene rings is 2. The van der Waals surface area contributed by atoms with E-state index in [1.165, 1.54) is 0 Å². The van der Waals surface area contributed by atoms with Gasteiger partial charge in [0.2, 0.25) is 0 Å². The van der Waals surface area contributed by atoms with Crippen LogP contribution in [0.3, 0.4) is 0 Å². The van der Waals surface area contributed by atoms with Crippen molar-refractivity contribution in [3.05, 3.63) is 53.1 Å². The van der Waals surface area contributed by atoms with Gasteiger partial charge >= 0.3 is 0 Å². The summed E-state index contributed by atoms with van der Waals surface area (Å²) in [7, 11) is 1.64. The van der Waals surface area contributed by atoms with Crippen LogP contribution in [0.5, 0.6) is 17.2 Å². The zero-order chi connectivity index (χ0) is 13.8. The highest BCUT2D eigenvalue weighted by Gasteiger charge is 2.06. The molecule has 0 aliphatic heterocycles. The van der Waals surface area contributed by atoms with Gasteiger partial charge in [-0.3, -0.25) is 0 Å². The molecule has 2 aromatic rings. The highest BCUT2D eigenvalue weighted by Crippen LogP contribution is 2.32. The standard InChI is InChI=1S/C16H19NO2/c1-11-4-7-15(16(8-11)18-3)19-14-6-5-13(10-17)12(2)9-14/h4-9H,10,17H2,1-3H3. The predicted octanol–water partition coefficient (Wildman–Crippen LogP) is 3.56. The largest absolute Gasteiger partial charge is 0.493 e. The minimum absolute atomic E-state index is 0.542. The lowest BCUT2D eigenvalue weighted by molar-refractivity contribution is 0.378. The van der Waals surface area contributed by atoms with Gasteiger partial charge in [0, 0.05) is 6.54 Å². The molecule has 0 amide bonds. The SMILES string of the molecule is COc1cc(C)ccc1Oc1ccc(CN)c(C)c1. The van der Waals surface area contributed by atoms with Crippen LogP contribution in [0, 0.1) is 13.8 Å². The highest BCUT2D eigenvalue weighted by atomic mass is 16.5. The molecule has 2 N–H and O–H groups in total. The van der Waals surface area contributed by atoms with Crippen LogP contribution in [0.2, 0.25) is 0 Å². The number of methoxy groups -OCH3 is 1. The van der Waals surface area contributed by atoms with Crippen molar-refractivity contribution in [2.75, 3.05) is 7.11 Å². The van der Waals surface area contributed by atoms with Crippen molar-refractivity contribution < 1.29 is 9.47 Å². The number of aryl methyl sites for hydroxylation is 2. The summed E-state index contributed by atoms with van der Waals surface area (Å²) < 4.78 is 11.2. The van der Waals surface area contributed by atoms with Gasteiger partial charge in [0.15, 0.2) is 11.5 Å². The number of rotatable bonds is 4. The van der Waals surface area contributed by atoms with E-state index in [-0.39, 0.29) is 0 Å². The molecule has 0 aliphatic carbocycles. The van der Waals surface area contributed by atoms with Gasteiger partial charge < -0.3 is 15.2 Å². The third-order valence-corrected chi connectivity index (χ3v) is 3.08. The summed E-state index contributed by atoms with van der Waals surface area (Å²) in [5, 5.41) is 0. The number of hydrogen-bond acceptors (Lipinski definition) is 3. The first kappa shape index (κ1) is 13.4. The Hall–Kier alpha value is -2.00. The van der Waals surface area contributed by atoms with Gasteiger partial charge in [-0.15, -0.1) is 0 Å². The van der Waals surface area contributed by atoms with E-state index in [0.29, 0.717) is 12.3 Å². The summed E-state index contributed by atoms with van der Waals surface area (Å²) in [4.78, 5) is 0. The van der Waals surface area contributed by atoms with Crippen molar-refractivity contribution in [3.63, 3.8) is 0 Å². The molecule has 2 aromatic carbocycles. The summed E-state index contributed by atoms with van der Waals surface area (Å²) in [5.41, 5.74) is 9.05. The van der Waals surface area contributed by atoms with Crippen LogP contribution in [0.4, 0.5) is 0 Å². The summed E-state index contributed by atoms with van der Waals surface area (Å²) in [5.74, 6) is 2.24. The summed E-state index contributed by atoms with van der Waals surface area (Å²) >= 11 is 0. The number of nitrogens with two attached hydrogens (primary N) is 1. The van der Waals surface area contributed by atoms with Gasteiger partial charge in [-0.2, -0.15) is 0 Å². The van der Waals surface area contributed by atoms with E-state index in [4.69, 9.17) is 15.2 Å². The lowest BCUT2D eigenvalue weighted by Gasteiger charge is -2.12. The molecule has 2 rings (SSSR count). The molecular formula is C16H19NO2. The van der Waals surface area contributed by atoms with Crippen LogP contribution in [-0.2, 0) is 6.54 Å². The van der Waals surface area contributed by atoms with Crippen LogP contribution in [0.1, 0.15) is 16.7 Å². The Morgan fingerprint density at radius 3 is 2.42 bits per heavy atom. The third kappa shape index (κ3) is 3.06. The van der Waals surface area contributed by atoms with Crippen LogP contribution in [0.15, 0.2) is 36.4 Å². The molecule has 100 valence electrons. The van der Waals surface area contributed by atoms with Gasteiger partial charge in [0.1, 0.15) is 5.75 Å². The van der Waals surface area contributed by atoms with Crippen molar-refractivity contribution in [2.45, 2.75) is 20.4 Å². The maximum atomic E-state index is 5.87. The number of ether oxygens (including phenoxy) is 2. The summed E-state index contributed by atoms with van der Waals surface area (Å²) in [6.45, 7) is 4.59. The summed E-state index contributed by atoms with van der Waals surface area (Å²) in [6, 6.07) is 11.8. The Kier molecular flexibility index (Phi) is 4.07. The average Bonchev–Trinajstić information content (AvgIpc) is 2.41. The van der Waals surface area contributed by atoms with Crippen molar-refractivity contribution >= 4 is 0 Å². The zero-order valence-corrected chi connectivity index (χ0v) is 11.6. The lowest BCUT2D eigenvalue weighted by atomic mass is 10.1. The Morgan fingerprint density at radius 2 is 1.79 bits per heavy atom. The van der Waals surface area contributed by atoms with Crippen molar-refractivity contribution in [2.24, 2.45) is 5.73 Å². The minimum Gasteiger partial charge on any atom is -0.493 e. The molecule has 19 heavy (non-hydrogen) atoms. The lowest BCUT2D eigenvalue weighted by Crippen LogP contribution is -1.99. The Labute approximate surface area is 114 Å². The average molecular weight is 257 g/mol. The van der Waals surface area contributed by atoms with E-state index < -0.39 is 0 Å². The maximum Gasteiger partial charge on any atom is 0.169 e. The molecular weight excluding hydrogens is 238 g/mol. The van der Waals surface area contributed by atoms with E-state index in [1.807, 2.05) is 50.2 Å². The van der Waals surface area contributed by atoms with E-state index in [9.17, 15) is 0 Å². The zero-order valence-electron chi connectivity index (χ0n) is 11.6. The van der Waals surface area contributed by atoms with Gasteiger partial charge in [-0.25, -0.2) is 0 Å². The molecule has 0 heterocycles. The Morgan fingerprint density at radius 1 is 1.00 bits per heavy atom. The van der Waals surface area contributed by atoms with Crippen molar-refractivity contribution in [3.8, 4) is 17.2 Å². The summed E-state index contributed by atoms with van der Waals surface area (Å²) in [6.07, 6.45) is 0. The van der Waals surface area contributed by atoms with Gasteiger partial charge in [0.25, 0.3) is 0 Å². The molecule has 0 saturated carbocycles. The fourth-order valence-electron chi connectivity index (χ4n) is 1.95. The predicted molar refractivity (Wildman–Crippen MR) is 76.9 cm³/mol. The van der Waals surface area contributed by atoms with E-state index in [2.05, 4.69) is 0 Å². The molecule has 0 atom stereocenters. The fraction of sp³-hybridized carbons (Fsp3) is 0.250. The van der Waals surface area contributed by atoms with Gasteiger partial charge in [-0.1, -0.05) is 12.1 Å². The van der Waals surface area contributed by atoms with Crippen LogP contribution in [0.25, 0.3) is 0 Å². The fourth-order valence-corrected chi connectivity index (χ4v) is 1.95. The molecule has 0 aliphatic rings. The molecule has 3 nitrogen and oxygen atoms in total. The maximum absolute atomic E-state index is 5.87. The molecule has 0 spiro atoms.